The molecule has 4 rings (SSSR count). The zero-order chi connectivity index (χ0) is 30.0. The summed E-state index contributed by atoms with van der Waals surface area (Å²) in [4.78, 5) is 15.3. The topological polar surface area (TPSA) is 103 Å². The third-order valence-electron chi connectivity index (χ3n) is 8.96. The van der Waals surface area contributed by atoms with Gasteiger partial charge >= 0.3 is 6.03 Å². The Bertz CT molecular complexity index is 1120. The molecule has 9 heteroatoms. The van der Waals surface area contributed by atoms with Gasteiger partial charge in [0.15, 0.2) is 11.6 Å². The van der Waals surface area contributed by atoms with Gasteiger partial charge in [-0.1, -0.05) is 43.2 Å². The van der Waals surface area contributed by atoms with Crippen LogP contribution in [0.15, 0.2) is 48.5 Å². The Morgan fingerprint density at radius 2 is 1.86 bits per heavy atom. The average Bonchev–Trinajstić information content (AvgIpc) is 3.55. The Balaban J connectivity index is 1.57. The van der Waals surface area contributed by atoms with Gasteiger partial charge in [0.05, 0.1) is 17.7 Å². The van der Waals surface area contributed by atoms with Gasteiger partial charge in [-0.15, -0.1) is 0 Å². The number of amides is 2. The molecule has 0 radical (unpaired) electrons. The second-order valence-electron chi connectivity index (χ2n) is 11.8. The van der Waals surface area contributed by atoms with Gasteiger partial charge in [-0.3, -0.25) is 0 Å². The first-order valence-corrected chi connectivity index (χ1v) is 15.5. The number of ether oxygens (including phenoxy) is 2. The summed E-state index contributed by atoms with van der Waals surface area (Å²) < 4.78 is 26.6. The van der Waals surface area contributed by atoms with Crippen molar-refractivity contribution in [3.63, 3.8) is 0 Å². The number of nitrogens with zero attached hydrogens (tertiary/aromatic N) is 1. The fourth-order valence-corrected chi connectivity index (χ4v) is 6.67. The van der Waals surface area contributed by atoms with Gasteiger partial charge in [0.1, 0.15) is 5.75 Å². The SMILES string of the molecule is CNC[C@@H](NC(=O)N1CCC[C@@H]([C@@](O)(CCCCOC)c2cccc(F)c2Oc2ccccc2)C1)[C@H](O)C1CCCC1. The van der Waals surface area contributed by atoms with Crippen LogP contribution in [0.5, 0.6) is 11.5 Å². The number of unbranched alkanes of at least 4 members (excludes halogenated alkanes) is 1. The number of carbonyl (C=O) groups is 1. The van der Waals surface area contributed by atoms with Crippen LogP contribution in [0, 0.1) is 17.7 Å². The van der Waals surface area contributed by atoms with Crippen LogP contribution >= 0.6 is 0 Å². The number of hydrogen-bond acceptors (Lipinski definition) is 6. The van der Waals surface area contributed by atoms with Gasteiger partial charge in [-0.05, 0) is 76.1 Å². The molecule has 1 saturated heterocycles. The van der Waals surface area contributed by atoms with Crippen molar-refractivity contribution in [2.24, 2.45) is 11.8 Å². The number of hydrogen-bond donors (Lipinski definition) is 4. The minimum absolute atomic E-state index is 0.00767. The Kier molecular flexibility index (Phi) is 12.0. The largest absolute Gasteiger partial charge is 0.454 e. The molecule has 1 saturated carbocycles. The summed E-state index contributed by atoms with van der Waals surface area (Å²) >= 11 is 0. The van der Waals surface area contributed by atoms with Crippen LogP contribution in [0.4, 0.5) is 9.18 Å². The second-order valence-corrected chi connectivity index (χ2v) is 11.8. The Hall–Kier alpha value is -2.72. The lowest BCUT2D eigenvalue weighted by Gasteiger charge is -2.43. The summed E-state index contributed by atoms with van der Waals surface area (Å²) in [7, 11) is 3.46. The predicted octanol–water partition coefficient (Wildman–Crippen LogP) is 5.18. The molecule has 1 aliphatic carbocycles. The van der Waals surface area contributed by atoms with E-state index in [9.17, 15) is 15.0 Å². The number of aliphatic hydroxyl groups is 2. The zero-order valence-corrected chi connectivity index (χ0v) is 25.1. The molecule has 2 aliphatic rings. The van der Waals surface area contributed by atoms with Crippen molar-refractivity contribution in [2.75, 3.05) is 40.4 Å². The summed E-state index contributed by atoms with van der Waals surface area (Å²) in [5.41, 5.74) is -1.05. The maximum absolute atomic E-state index is 15.3. The molecule has 8 nitrogen and oxygen atoms in total. The van der Waals surface area contributed by atoms with Gasteiger partial charge in [-0.25, -0.2) is 9.18 Å². The molecular weight excluding hydrogens is 537 g/mol. The van der Waals surface area contributed by atoms with E-state index in [4.69, 9.17) is 9.47 Å². The lowest BCUT2D eigenvalue weighted by atomic mass is 9.73. The number of piperidine rings is 1. The minimum atomic E-state index is -1.44. The third-order valence-corrected chi connectivity index (χ3v) is 8.96. The van der Waals surface area contributed by atoms with Crippen molar-refractivity contribution in [2.45, 2.75) is 75.5 Å². The van der Waals surface area contributed by atoms with Crippen LogP contribution in [0.2, 0.25) is 0 Å². The fourth-order valence-electron chi connectivity index (χ4n) is 6.67. The van der Waals surface area contributed by atoms with Crippen molar-refractivity contribution in [1.82, 2.24) is 15.5 Å². The molecule has 2 amide bonds. The average molecular weight is 586 g/mol. The van der Waals surface area contributed by atoms with Gasteiger partial charge < -0.3 is 35.2 Å². The molecule has 1 aliphatic heterocycles. The van der Waals surface area contributed by atoms with E-state index in [0.717, 1.165) is 32.1 Å². The molecule has 0 aromatic heterocycles. The number of urea groups is 1. The van der Waals surface area contributed by atoms with Crippen LogP contribution in [0.3, 0.4) is 0 Å². The van der Waals surface area contributed by atoms with E-state index in [1.165, 1.54) is 6.07 Å². The molecule has 4 N–H and O–H groups in total. The summed E-state index contributed by atoms with van der Waals surface area (Å²) in [5.74, 6) is -0.222. The normalized spacial score (nSPS) is 20.6. The number of likely N-dealkylation sites (N-methyl/N-ethyl adjacent to an activating group) is 1. The number of para-hydroxylation sites is 2. The summed E-state index contributed by atoms with van der Waals surface area (Å²) in [6.07, 6.45) is 6.68. The smallest absolute Gasteiger partial charge is 0.317 e. The zero-order valence-electron chi connectivity index (χ0n) is 25.1. The van der Waals surface area contributed by atoms with Gasteiger partial charge in [0.2, 0.25) is 0 Å². The predicted molar refractivity (Wildman–Crippen MR) is 161 cm³/mol. The van der Waals surface area contributed by atoms with E-state index in [2.05, 4.69) is 10.6 Å². The molecule has 0 spiro atoms. The molecule has 42 heavy (non-hydrogen) atoms. The lowest BCUT2D eigenvalue weighted by Crippen LogP contribution is -2.57. The summed E-state index contributed by atoms with van der Waals surface area (Å²) in [6, 6.07) is 13.0. The Morgan fingerprint density at radius 3 is 2.57 bits per heavy atom. The maximum Gasteiger partial charge on any atom is 0.317 e. The molecule has 2 fully saturated rings. The molecule has 2 aromatic carbocycles. The Morgan fingerprint density at radius 1 is 1.10 bits per heavy atom. The highest BCUT2D eigenvalue weighted by atomic mass is 19.1. The number of methoxy groups -OCH3 is 1. The highest BCUT2D eigenvalue weighted by molar-refractivity contribution is 5.74. The highest BCUT2D eigenvalue weighted by Crippen LogP contribution is 2.45. The van der Waals surface area contributed by atoms with Crippen molar-refractivity contribution >= 4 is 6.03 Å². The number of carbonyl (C=O) groups excluding carboxylic acids is 1. The first kappa shape index (κ1) is 32.2. The van der Waals surface area contributed by atoms with Gasteiger partial charge in [0.25, 0.3) is 0 Å². The van der Waals surface area contributed by atoms with Crippen molar-refractivity contribution in [1.29, 1.82) is 0 Å². The molecule has 4 atom stereocenters. The van der Waals surface area contributed by atoms with E-state index < -0.39 is 23.6 Å². The molecule has 2 aromatic rings. The Labute approximate surface area is 249 Å². The van der Waals surface area contributed by atoms with Crippen LogP contribution in [0.25, 0.3) is 0 Å². The van der Waals surface area contributed by atoms with E-state index in [-0.39, 0.29) is 23.6 Å². The molecule has 1 heterocycles. The summed E-state index contributed by atoms with van der Waals surface area (Å²) in [6.45, 7) is 1.87. The quantitative estimate of drug-likeness (QED) is 0.228. The lowest BCUT2D eigenvalue weighted by molar-refractivity contribution is -0.0580. The number of rotatable bonds is 14. The van der Waals surface area contributed by atoms with Crippen molar-refractivity contribution < 1.29 is 28.9 Å². The minimum Gasteiger partial charge on any atom is -0.454 e. The molecule has 0 unspecified atom stereocenters. The second kappa shape index (κ2) is 15.7. The van der Waals surface area contributed by atoms with Gasteiger partial charge in [-0.2, -0.15) is 0 Å². The monoisotopic (exact) mass is 585 g/mol. The van der Waals surface area contributed by atoms with E-state index in [1.807, 2.05) is 25.2 Å². The number of halogens is 1. The third kappa shape index (κ3) is 8.01. The van der Waals surface area contributed by atoms with Crippen LogP contribution in [0.1, 0.15) is 63.4 Å². The summed E-state index contributed by atoms with van der Waals surface area (Å²) in [5, 5.41) is 29.7. The number of aliphatic hydroxyl groups excluding tert-OH is 1. The first-order chi connectivity index (χ1) is 20.4. The van der Waals surface area contributed by atoms with Crippen LogP contribution < -0.4 is 15.4 Å². The van der Waals surface area contributed by atoms with Gasteiger partial charge in [0, 0.05) is 44.8 Å². The molecule has 0 bridgehead atoms. The molecule has 232 valence electrons. The van der Waals surface area contributed by atoms with Crippen molar-refractivity contribution in [3.8, 4) is 11.5 Å². The van der Waals surface area contributed by atoms with E-state index >= 15 is 4.39 Å². The maximum atomic E-state index is 15.3. The first-order valence-electron chi connectivity index (χ1n) is 15.5. The number of benzene rings is 2. The fraction of sp³-hybridized carbons (Fsp3) is 0.606. The standard InChI is InChI=1S/C33H48FN3O5/c1-35-22-29(30(38)24-12-6-7-13-24)36-32(39)37-20-11-14-25(23-37)33(40,19-8-9-21-41-2)27-17-10-18-28(34)31(27)42-26-15-4-3-5-16-26/h3-5,10,15-18,24-25,29-30,35,38,40H,6-9,11-14,19-23H2,1-2H3,(H,36,39)/t25-,29-,30-,33+/m1/s1. The van der Waals surface area contributed by atoms with Crippen LogP contribution in [-0.2, 0) is 10.3 Å². The number of likely N-dealkylation sites (tertiary alicyclic amines) is 1. The van der Waals surface area contributed by atoms with E-state index in [0.29, 0.717) is 63.2 Å². The highest BCUT2D eigenvalue weighted by Gasteiger charge is 2.44. The number of nitrogens with one attached hydrogen (secondary N) is 2. The van der Waals surface area contributed by atoms with Crippen molar-refractivity contribution in [3.05, 3.63) is 59.9 Å². The van der Waals surface area contributed by atoms with Crippen LogP contribution in [-0.4, -0.2) is 73.7 Å². The van der Waals surface area contributed by atoms with E-state index in [1.54, 1.807) is 36.3 Å². The molecular formula is C33H48FN3O5.